The summed E-state index contributed by atoms with van der Waals surface area (Å²) in [4.78, 5) is 16.9. The number of rotatable bonds is 1. The Morgan fingerprint density at radius 3 is 2.57 bits per heavy atom. The van der Waals surface area contributed by atoms with Crippen LogP contribution in [-0.4, -0.2) is 14.8 Å². The maximum absolute atomic E-state index is 12.5. The highest BCUT2D eigenvalue weighted by molar-refractivity contribution is 6.02. The number of nitrogens with one attached hydrogen (secondary N) is 1. The molecule has 2 aromatic carbocycles. The van der Waals surface area contributed by atoms with Gasteiger partial charge in [-0.25, -0.2) is 4.68 Å². The predicted octanol–water partition coefficient (Wildman–Crippen LogP) is 2.45. The molecule has 0 unspecified atom stereocenters. The van der Waals surface area contributed by atoms with E-state index in [1.54, 1.807) is 18.3 Å². The van der Waals surface area contributed by atoms with Crippen LogP contribution in [0.4, 0.5) is 5.69 Å². The number of nitrogen functional groups attached to an aromatic ring is 1. The van der Waals surface area contributed by atoms with Gasteiger partial charge in [0.25, 0.3) is 5.56 Å². The average molecular weight is 276 g/mol. The first-order valence-corrected chi connectivity index (χ1v) is 6.58. The number of nitrogens with zero attached hydrogens (tertiary/aromatic N) is 2. The largest absolute Gasteiger partial charge is 0.399 e. The van der Waals surface area contributed by atoms with E-state index in [9.17, 15) is 4.79 Å². The fraction of sp³-hybridized carbons (Fsp3) is 0. The summed E-state index contributed by atoms with van der Waals surface area (Å²) in [5.41, 5.74) is 8.63. The number of hydrogen-bond acceptors (Lipinski definition) is 3. The molecule has 0 bridgehead atoms. The summed E-state index contributed by atoms with van der Waals surface area (Å²) >= 11 is 0. The van der Waals surface area contributed by atoms with Crippen LogP contribution < -0.4 is 11.3 Å². The second-order valence-electron chi connectivity index (χ2n) is 4.91. The van der Waals surface area contributed by atoms with Gasteiger partial charge in [-0.3, -0.25) is 14.9 Å². The number of hydrogen-bond donors (Lipinski definition) is 2. The van der Waals surface area contributed by atoms with E-state index in [1.165, 1.54) is 4.68 Å². The quantitative estimate of drug-likeness (QED) is 0.524. The van der Waals surface area contributed by atoms with E-state index in [1.807, 2.05) is 36.4 Å². The summed E-state index contributed by atoms with van der Waals surface area (Å²) < 4.78 is 1.51. The molecule has 0 amide bonds. The van der Waals surface area contributed by atoms with Crippen LogP contribution >= 0.6 is 0 Å². The number of nitrogens with two attached hydrogens (primary N) is 1. The molecule has 3 N–H and O–H groups in total. The summed E-state index contributed by atoms with van der Waals surface area (Å²) in [7, 11) is 0. The van der Waals surface area contributed by atoms with E-state index < -0.39 is 0 Å². The molecule has 5 nitrogen and oxygen atoms in total. The molecule has 0 atom stereocenters. The van der Waals surface area contributed by atoms with Gasteiger partial charge in [0.15, 0.2) is 0 Å². The molecule has 0 fully saturated rings. The molecule has 2 aromatic heterocycles. The first-order chi connectivity index (χ1) is 10.2. The summed E-state index contributed by atoms with van der Waals surface area (Å²) in [6.45, 7) is 0. The molecular weight excluding hydrogens is 264 g/mol. The van der Waals surface area contributed by atoms with Gasteiger partial charge in [-0.15, -0.1) is 0 Å². The Labute approximate surface area is 119 Å². The van der Waals surface area contributed by atoms with Crippen LogP contribution in [0.25, 0.3) is 27.5 Å². The van der Waals surface area contributed by atoms with E-state index in [0.29, 0.717) is 11.1 Å². The molecule has 0 aliphatic rings. The van der Waals surface area contributed by atoms with E-state index in [0.717, 1.165) is 22.1 Å². The predicted molar refractivity (Wildman–Crippen MR) is 83.6 cm³/mol. The van der Waals surface area contributed by atoms with Gasteiger partial charge < -0.3 is 5.73 Å². The third-order valence-electron chi connectivity index (χ3n) is 3.58. The zero-order chi connectivity index (χ0) is 14.4. The van der Waals surface area contributed by atoms with Crippen molar-refractivity contribution in [2.75, 3.05) is 5.73 Å². The highest BCUT2D eigenvalue weighted by atomic mass is 16.1. The first-order valence-electron chi connectivity index (χ1n) is 6.58. The molecule has 0 aliphatic heterocycles. The molecule has 0 radical (unpaired) electrons. The minimum atomic E-state index is -0.118. The van der Waals surface area contributed by atoms with Crippen molar-refractivity contribution < 1.29 is 0 Å². The van der Waals surface area contributed by atoms with Crippen molar-refractivity contribution in [1.29, 1.82) is 0 Å². The number of pyridine rings is 1. The normalized spacial score (nSPS) is 11.2. The second kappa shape index (κ2) is 4.21. The summed E-state index contributed by atoms with van der Waals surface area (Å²) in [6, 6.07) is 14.9. The van der Waals surface area contributed by atoms with Crippen molar-refractivity contribution in [2.45, 2.75) is 0 Å². The number of aromatic nitrogens is 3. The lowest BCUT2D eigenvalue weighted by Gasteiger charge is -2.01. The number of benzene rings is 2. The molecule has 0 aliphatic carbocycles. The zero-order valence-electron chi connectivity index (χ0n) is 11.1. The molecule has 21 heavy (non-hydrogen) atoms. The van der Waals surface area contributed by atoms with E-state index >= 15 is 0 Å². The maximum atomic E-state index is 12.5. The van der Waals surface area contributed by atoms with E-state index in [-0.39, 0.29) is 5.56 Å². The topological polar surface area (TPSA) is 76.7 Å². The smallest absolute Gasteiger partial charge is 0.280 e. The van der Waals surface area contributed by atoms with E-state index in [4.69, 9.17) is 5.73 Å². The van der Waals surface area contributed by atoms with Crippen molar-refractivity contribution in [1.82, 2.24) is 14.8 Å². The Morgan fingerprint density at radius 1 is 1.00 bits per heavy atom. The van der Waals surface area contributed by atoms with Gasteiger partial charge in [-0.2, -0.15) is 0 Å². The Kier molecular flexibility index (Phi) is 2.35. The van der Waals surface area contributed by atoms with Crippen LogP contribution in [0.3, 0.4) is 0 Å². The SMILES string of the molecule is Nc1ccc(-n2[nH]c3c(cnc4ccccc43)c2=O)cc1. The number of aromatic amines is 1. The Morgan fingerprint density at radius 2 is 1.76 bits per heavy atom. The van der Waals surface area contributed by atoms with Crippen molar-refractivity contribution in [3.63, 3.8) is 0 Å². The molecule has 2 heterocycles. The summed E-state index contributed by atoms with van der Waals surface area (Å²) in [5, 5.41) is 4.67. The fourth-order valence-corrected chi connectivity index (χ4v) is 2.51. The molecule has 0 saturated heterocycles. The zero-order valence-corrected chi connectivity index (χ0v) is 11.1. The monoisotopic (exact) mass is 276 g/mol. The molecule has 102 valence electrons. The number of H-pyrrole nitrogens is 1. The Balaban J connectivity index is 2.07. The van der Waals surface area contributed by atoms with Crippen LogP contribution in [0, 0.1) is 0 Å². The van der Waals surface area contributed by atoms with Gasteiger partial charge in [0, 0.05) is 17.3 Å². The van der Waals surface area contributed by atoms with Crippen LogP contribution in [-0.2, 0) is 0 Å². The van der Waals surface area contributed by atoms with Crippen molar-refractivity contribution in [3.05, 3.63) is 65.1 Å². The molecule has 4 rings (SSSR count). The molecular formula is C16H12N4O. The van der Waals surface area contributed by atoms with Gasteiger partial charge >= 0.3 is 0 Å². The second-order valence-corrected chi connectivity index (χ2v) is 4.91. The highest BCUT2D eigenvalue weighted by Gasteiger charge is 2.11. The Bertz CT molecular complexity index is 1010. The van der Waals surface area contributed by atoms with Crippen LogP contribution in [0.5, 0.6) is 0 Å². The van der Waals surface area contributed by atoms with Crippen LogP contribution in [0.15, 0.2) is 59.5 Å². The minimum absolute atomic E-state index is 0.118. The third kappa shape index (κ3) is 1.71. The van der Waals surface area contributed by atoms with Gasteiger partial charge in [0.05, 0.1) is 22.1 Å². The standard InChI is InChI=1S/C16H12N4O/c17-10-5-7-11(8-6-10)20-16(21)13-9-18-14-4-2-1-3-12(14)15(13)19-20/h1-9,19H,17H2. The van der Waals surface area contributed by atoms with Gasteiger partial charge in [0.1, 0.15) is 0 Å². The number of para-hydroxylation sites is 1. The van der Waals surface area contributed by atoms with Crippen LogP contribution in [0.2, 0.25) is 0 Å². The summed E-state index contributed by atoms with van der Waals surface area (Å²) in [5.74, 6) is 0. The van der Waals surface area contributed by atoms with Crippen LogP contribution in [0.1, 0.15) is 0 Å². The molecule has 4 aromatic rings. The molecule has 0 saturated carbocycles. The highest BCUT2D eigenvalue weighted by Crippen LogP contribution is 2.20. The average Bonchev–Trinajstić information content (AvgIpc) is 2.86. The minimum Gasteiger partial charge on any atom is -0.399 e. The maximum Gasteiger partial charge on any atom is 0.280 e. The molecule has 0 spiro atoms. The van der Waals surface area contributed by atoms with Gasteiger partial charge in [-0.1, -0.05) is 18.2 Å². The Hall–Kier alpha value is -3.08. The van der Waals surface area contributed by atoms with Crippen molar-refractivity contribution in [3.8, 4) is 5.69 Å². The van der Waals surface area contributed by atoms with Crippen molar-refractivity contribution in [2.24, 2.45) is 0 Å². The lowest BCUT2D eigenvalue weighted by Crippen LogP contribution is -2.14. The number of anilines is 1. The molecule has 5 heteroatoms. The lowest BCUT2D eigenvalue weighted by molar-refractivity contribution is 0.865. The first kappa shape index (κ1) is 11.7. The van der Waals surface area contributed by atoms with Gasteiger partial charge in [0.2, 0.25) is 0 Å². The van der Waals surface area contributed by atoms with E-state index in [2.05, 4.69) is 10.1 Å². The summed E-state index contributed by atoms with van der Waals surface area (Å²) in [6.07, 6.45) is 1.62. The third-order valence-corrected chi connectivity index (χ3v) is 3.58. The van der Waals surface area contributed by atoms with Gasteiger partial charge in [-0.05, 0) is 30.3 Å². The van der Waals surface area contributed by atoms with Crippen molar-refractivity contribution >= 4 is 27.5 Å². The number of fused-ring (bicyclic) bond motifs is 3. The fourth-order valence-electron chi connectivity index (χ4n) is 2.51. The lowest BCUT2D eigenvalue weighted by atomic mass is 10.2.